The molecule has 6 aromatic carbocycles. The number of anilines is 1. The average Bonchev–Trinajstić information content (AvgIpc) is 3.58. The molecule has 0 bridgehead atoms. The molecule has 0 saturated heterocycles. The van der Waals surface area contributed by atoms with E-state index in [-0.39, 0.29) is 10.8 Å². The van der Waals surface area contributed by atoms with E-state index in [4.69, 9.17) is 11.6 Å². The fourth-order valence-corrected chi connectivity index (χ4v) is 9.80. The summed E-state index contributed by atoms with van der Waals surface area (Å²) in [6.07, 6.45) is 13.8. The zero-order valence-corrected chi connectivity index (χ0v) is 33.7. The minimum Gasteiger partial charge on any atom is -0.347 e. The van der Waals surface area contributed by atoms with Crippen LogP contribution in [0.15, 0.2) is 182 Å². The van der Waals surface area contributed by atoms with Crippen molar-refractivity contribution in [2.75, 3.05) is 18.5 Å². The van der Waals surface area contributed by atoms with Crippen LogP contribution in [0, 0.1) is 5.92 Å². The van der Waals surface area contributed by atoms with Gasteiger partial charge in [0.2, 0.25) is 5.69 Å². The molecular formula is C53H52ClN2+. The van der Waals surface area contributed by atoms with Crippen LogP contribution in [0.2, 0.25) is 5.02 Å². The van der Waals surface area contributed by atoms with E-state index in [9.17, 15) is 0 Å². The number of hydrogen-bond donors (Lipinski definition) is 0. The number of halogens is 1. The summed E-state index contributed by atoms with van der Waals surface area (Å²) in [5.74, 6) is 0.564. The van der Waals surface area contributed by atoms with Crippen LogP contribution >= 0.6 is 11.6 Å². The first-order valence-corrected chi connectivity index (χ1v) is 20.5. The monoisotopic (exact) mass is 751 g/mol. The minimum atomic E-state index is -0.349. The molecule has 1 atom stereocenters. The highest BCUT2D eigenvalue weighted by Crippen LogP contribution is 2.54. The van der Waals surface area contributed by atoms with Gasteiger partial charge in [-0.25, -0.2) is 0 Å². The fourth-order valence-electron chi connectivity index (χ4n) is 9.62. The van der Waals surface area contributed by atoms with Crippen molar-refractivity contribution in [3.63, 3.8) is 0 Å². The van der Waals surface area contributed by atoms with Crippen molar-refractivity contribution in [1.29, 1.82) is 0 Å². The smallest absolute Gasteiger partial charge is 0.209 e. The van der Waals surface area contributed by atoms with E-state index in [0.717, 1.165) is 43.7 Å². The first-order valence-electron chi connectivity index (χ1n) is 20.2. The van der Waals surface area contributed by atoms with Crippen molar-refractivity contribution in [3.05, 3.63) is 215 Å². The second-order valence-electron chi connectivity index (χ2n) is 16.2. The molecule has 56 heavy (non-hydrogen) atoms. The van der Waals surface area contributed by atoms with Crippen LogP contribution in [-0.2, 0) is 30.1 Å². The van der Waals surface area contributed by atoms with Gasteiger partial charge in [0.1, 0.15) is 6.54 Å². The Kier molecular flexibility index (Phi) is 10.7. The number of benzene rings is 6. The molecule has 0 amide bonds. The standard InChI is InChI=1S/C53H52ClN2/c1-5-33-52(36-40-18-9-6-10-19-40)49(55(4)48-30-28-43-24-15-16-25-45(43)51(48)52)26-17-27-50-53(37-41-20-11-7-12-21-41,38-42-22-13-8-14-23-42)46-35-44(54)29-31-47(46)56(50)34-32-39(2)3/h5-31,35,39H,1,32-34,36-38H2,2-4H3/q+1. The van der Waals surface area contributed by atoms with E-state index >= 15 is 0 Å². The molecule has 2 aliphatic rings. The maximum Gasteiger partial charge on any atom is 0.209 e. The largest absolute Gasteiger partial charge is 0.347 e. The average molecular weight is 752 g/mol. The third-order valence-electron chi connectivity index (χ3n) is 12.1. The lowest BCUT2D eigenvalue weighted by molar-refractivity contribution is -0.439. The lowest BCUT2D eigenvalue weighted by atomic mass is 9.69. The molecule has 0 N–H and O–H groups in total. The van der Waals surface area contributed by atoms with Crippen LogP contribution in [0.3, 0.4) is 0 Å². The van der Waals surface area contributed by atoms with E-state index in [1.165, 1.54) is 61.4 Å². The summed E-state index contributed by atoms with van der Waals surface area (Å²) in [6, 6.07) is 53.0. The first kappa shape index (κ1) is 37.5. The Morgan fingerprint density at radius 3 is 1.91 bits per heavy atom. The summed E-state index contributed by atoms with van der Waals surface area (Å²) in [6.45, 7) is 9.93. The number of fused-ring (bicyclic) bond motifs is 4. The van der Waals surface area contributed by atoms with Crippen LogP contribution in [0.5, 0.6) is 0 Å². The maximum absolute atomic E-state index is 6.93. The Morgan fingerprint density at radius 1 is 0.714 bits per heavy atom. The van der Waals surface area contributed by atoms with Crippen molar-refractivity contribution in [2.45, 2.75) is 56.8 Å². The zero-order chi connectivity index (χ0) is 38.7. The number of likely N-dealkylation sites (N-methyl/N-ethyl adjacent to an activating group) is 1. The highest BCUT2D eigenvalue weighted by Gasteiger charge is 2.51. The third kappa shape index (κ3) is 6.97. The fraction of sp³-hybridized carbons (Fsp3) is 0.226. The van der Waals surface area contributed by atoms with Crippen LogP contribution in [0.4, 0.5) is 11.4 Å². The number of hydrogen-bond acceptors (Lipinski definition) is 1. The molecule has 2 nitrogen and oxygen atoms in total. The normalized spacial score (nSPS) is 18.0. The van der Waals surface area contributed by atoms with Crippen LogP contribution in [0.1, 0.15) is 54.5 Å². The van der Waals surface area contributed by atoms with Crippen molar-refractivity contribution >= 4 is 39.5 Å². The summed E-state index contributed by atoms with van der Waals surface area (Å²) in [4.78, 5) is 2.43. The van der Waals surface area contributed by atoms with Crippen molar-refractivity contribution < 1.29 is 4.58 Å². The summed E-state index contributed by atoms with van der Waals surface area (Å²) in [5, 5.41) is 3.35. The van der Waals surface area contributed by atoms with Gasteiger partial charge in [-0.15, -0.1) is 6.58 Å². The highest BCUT2D eigenvalue weighted by atomic mass is 35.5. The topological polar surface area (TPSA) is 6.25 Å². The van der Waals surface area contributed by atoms with Gasteiger partial charge in [0, 0.05) is 53.0 Å². The SMILES string of the molecule is C=CCC1(Cc2ccccc2)/C(=C\C=C\C2=[N+](CCC(C)C)c3ccc(Cl)cc3C2(Cc2ccccc2)Cc2ccccc2)N(C)c2ccc3ccccc3c21. The molecule has 0 radical (unpaired) electrons. The predicted octanol–water partition coefficient (Wildman–Crippen LogP) is 13.0. The number of allylic oxidation sites excluding steroid dienone is 5. The lowest BCUT2D eigenvalue weighted by Gasteiger charge is -2.33. The van der Waals surface area contributed by atoms with Gasteiger partial charge in [-0.1, -0.05) is 159 Å². The molecule has 280 valence electrons. The molecule has 0 aromatic heterocycles. The number of nitrogens with zero attached hydrogens (tertiary/aromatic N) is 2. The van der Waals surface area contributed by atoms with Crippen LogP contribution in [-0.4, -0.2) is 23.9 Å². The maximum atomic E-state index is 6.93. The van der Waals surface area contributed by atoms with E-state index in [0.29, 0.717) is 5.92 Å². The molecule has 2 heterocycles. The second kappa shape index (κ2) is 16.0. The predicted molar refractivity (Wildman–Crippen MR) is 239 cm³/mol. The van der Waals surface area contributed by atoms with Gasteiger partial charge in [-0.2, -0.15) is 4.58 Å². The Hall–Kier alpha value is -5.44. The van der Waals surface area contributed by atoms with Gasteiger partial charge in [0.05, 0.1) is 5.41 Å². The van der Waals surface area contributed by atoms with Gasteiger partial charge in [-0.05, 0) is 88.9 Å². The molecule has 0 saturated carbocycles. The second-order valence-corrected chi connectivity index (χ2v) is 16.6. The Balaban J connectivity index is 1.35. The van der Waals surface area contributed by atoms with E-state index < -0.39 is 0 Å². The molecule has 2 aliphatic heterocycles. The first-order chi connectivity index (χ1) is 27.3. The van der Waals surface area contributed by atoms with Gasteiger partial charge in [0.25, 0.3) is 0 Å². The summed E-state index contributed by atoms with van der Waals surface area (Å²) in [7, 11) is 2.24. The molecule has 1 unspecified atom stereocenters. The lowest BCUT2D eigenvalue weighted by Crippen LogP contribution is -2.39. The molecule has 6 aromatic rings. The third-order valence-corrected chi connectivity index (χ3v) is 12.4. The van der Waals surface area contributed by atoms with Gasteiger partial charge in [-0.3, -0.25) is 0 Å². The Morgan fingerprint density at radius 2 is 1.30 bits per heavy atom. The summed E-state index contributed by atoms with van der Waals surface area (Å²) >= 11 is 6.93. The molecule has 0 aliphatic carbocycles. The summed E-state index contributed by atoms with van der Waals surface area (Å²) in [5.41, 5.74) is 11.1. The summed E-state index contributed by atoms with van der Waals surface area (Å²) < 4.78 is 2.61. The van der Waals surface area contributed by atoms with E-state index in [2.05, 4.69) is 207 Å². The molecule has 0 spiro atoms. The Labute approximate surface area is 338 Å². The van der Waals surface area contributed by atoms with Gasteiger partial charge >= 0.3 is 0 Å². The van der Waals surface area contributed by atoms with Crippen molar-refractivity contribution in [2.24, 2.45) is 5.92 Å². The van der Waals surface area contributed by atoms with Crippen molar-refractivity contribution in [1.82, 2.24) is 0 Å². The van der Waals surface area contributed by atoms with Gasteiger partial charge < -0.3 is 4.90 Å². The molecule has 0 fully saturated rings. The zero-order valence-electron chi connectivity index (χ0n) is 33.0. The number of rotatable bonds is 13. The molecule has 3 heteroatoms. The van der Waals surface area contributed by atoms with Crippen LogP contribution in [0.25, 0.3) is 10.8 Å². The molecule has 8 rings (SSSR count). The quantitative estimate of drug-likeness (QED) is 0.0841. The van der Waals surface area contributed by atoms with Crippen LogP contribution < -0.4 is 4.90 Å². The Bertz CT molecular complexity index is 2400. The minimum absolute atomic E-state index is 0.308. The van der Waals surface area contributed by atoms with E-state index in [1.54, 1.807) is 0 Å². The van der Waals surface area contributed by atoms with Crippen molar-refractivity contribution in [3.8, 4) is 0 Å². The van der Waals surface area contributed by atoms with Gasteiger partial charge in [0.15, 0.2) is 5.71 Å². The highest BCUT2D eigenvalue weighted by molar-refractivity contribution is 6.30. The van der Waals surface area contributed by atoms with E-state index in [1.807, 2.05) is 0 Å². The molecular weight excluding hydrogens is 700 g/mol.